The highest BCUT2D eigenvalue weighted by atomic mass is 16.5. The second-order valence-electron chi connectivity index (χ2n) is 7.88. The molecule has 0 aromatic carbocycles. The molecule has 4 heteroatoms. The molecule has 1 rings (SSSR count). The molecular formula is C23H36O4. The number of allylic oxidation sites excluding steroid dienone is 7. The monoisotopic (exact) mass is 376 g/mol. The molecule has 1 aliphatic carbocycles. The quantitative estimate of drug-likeness (QED) is 0.528. The van der Waals surface area contributed by atoms with Gasteiger partial charge in [-0.2, -0.15) is 0 Å². The number of ketones is 1. The Kier molecular flexibility index (Phi) is 9.57. The number of ether oxygens (including phenoxy) is 1. The van der Waals surface area contributed by atoms with Gasteiger partial charge in [0.1, 0.15) is 6.10 Å². The lowest BCUT2D eigenvalue weighted by Crippen LogP contribution is -2.39. The van der Waals surface area contributed by atoms with Crippen LogP contribution in [-0.2, 0) is 9.53 Å². The summed E-state index contributed by atoms with van der Waals surface area (Å²) in [5, 5.41) is 20.3. The maximum Gasteiger partial charge on any atom is 0.204 e. The molecule has 2 N–H and O–H groups in total. The Bertz CT molecular complexity index is 633. The molecule has 0 aromatic rings. The molecule has 152 valence electrons. The van der Waals surface area contributed by atoms with Crippen molar-refractivity contribution in [2.45, 2.75) is 72.8 Å². The Morgan fingerprint density at radius 2 is 1.59 bits per heavy atom. The number of carbonyl (C=O) groups excluding carboxylic acids is 1. The number of Topliss-reactive ketones (excluding diaryl/α,β-unsaturated/α-hetero) is 1. The number of hydrogen-bond acceptors (Lipinski definition) is 4. The molecule has 4 nitrogen and oxygen atoms in total. The molecule has 0 amide bonds. The SMILES string of the molecule is COC1=C(O)C(O)C(CC=C(C)CCC=C(C)CCC=C(C)C)C(C)C1=O. The Hall–Kier alpha value is -1.81. The van der Waals surface area contributed by atoms with Crippen LogP contribution in [0.2, 0.25) is 0 Å². The summed E-state index contributed by atoms with van der Waals surface area (Å²) in [6.07, 6.45) is 10.3. The van der Waals surface area contributed by atoms with Crippen LogP contribution in [0.3, 0.4) is 0 Å². The lowest BCUT2D eigenvalue weighted by atomic mass is 9.77. The summed E-state index contributed by atoms with van der Waals surface area (Å²) in [5.41, 5.74) is 4.00. The molecule has 0 saturated carbocycles. The van der Waals surface area contributed by atoms with E-state index in [4.69, 9.17) is 4.74 Å². The van der Waals surface area contributed by atoms with Crippen LogP contribution in [0.1, 0.15) is 66.7 Å². The fraction of sp³-hybridized carbons (Fsp3) is 0.609. The molecule has 0 spiro atoms. The Labute approximate surface area is 164 Å². The van der Waals surface area contributed by atoms with Gasteiger partial charge in [-0.1, -0.05) is 41.9 Å². The first-order valence-electron chi connectivity index (χ1n) is 9.83. The van der Waals surface area contributed by atoms with Gasteiger partial charge >= 0.3 is 0 Å². The molecule has 0 fully saturated rings. The number of methoxy groups -OCH3 is 1. The van der Waals surface area contributed by atoms with Crippen LogP contribution >= 0.6 is 0 Å². The van der Waals surface area contributed by atoms with Crippen molar-refractivity contribution in [3.8, 4) is 0 Å². The summed E-state index contributed by atoms with van der Waals surface area (Å²) in [7, 11) is 1.34. The maximum atomic E-state index is 12.3. The molecule has 27 heavy (non-hydrogen) atoms. The van der Waals surface area contributed by atoms with Gasteiger partial charge in [-0.3, -0.25) is 4.79 Å². The molecule has 3 atom stereocenters. The average Bonchev–Trinajstić information content (AvgIpc) is 2.60. The molecule has 0 bridgehead atoms. The second-order valence-corrected chi connectivity index (χ2v) is 7.88. The summed E-state index contributed by atoms with van der Waals surface area (Å²) in [6, 6.07) is 0. The van der Waals surface area contributed by atoms with E-state index in [2.05, 4.69) is 45.9 Å². The summed E-state index contributed by atoms with van der Waals surface area (Å²) in [6.45, 7) is 10.3. The molecule has 0 aliphatic heterocycles. The second kappa shape index (κ2) is 11.1. The fourth-order valence-electron chi connectivity index (χ4n) is 3.35. The molecular weight excluding hydrogens is 340 g/mol. The largest absolute Gasteiger partial charge is 0.506 e. The van der Waals surface area contributed by atoms with Crippen LogP contribution < -0.4 is 0 Å². The van der Waals surface area contributed by atoms with Gasteiger partial charge in [0.05, 0.1) is 7.11 Å². The van der Waals surface area contributed by atoms with Gasteiger partial charge in [0.25, 0.3) is 0 Å². The van der Waals surface area contributed by atoms with Crippen molar-refractivity contribution in [3.05, 3.63) is 46.5 Å². The molecule has 0 radical (unpaired) electrons. The van der Waals surface area contributed by atoms with Crippen molar-refractivity contribution >= 4 is 5.78 Å². The van der Waals surface area contributed by atoms with Gasteiger partial charge in [-0.25, -0.2) is 0 Å². The molecule has 3 unspecified atom stereocenters. The van der Waals surface area contributed by atoms with E-state index in [9.17, 15) is 15.0 Å². The number of aliphatic hydroxyl groups excluding tert-OH is 2. The highest BCUT2D eigenvalue weighted by molar-refractivity contribution is 5.96. The minimum Gasteiger partial charge on any atom is -0.506 e. The molecule has 0 heterocycles. The van der Waals surface area contributed by atoms with Gasteiger partial charge in [0.15, 0.2) is 5.76 Å². The Balaban J connectivity index is 2.58. The zero-order valence-electron chi connectivity index (χ0n) is 17.7. The van der Waals surface area contributed by atoms with E-state index in [1.54, 1.807) is 6.92 Å². The van der Waals surface area contributed by atoms with Gasteiger partial charge in [-0.15, -0.1) is 0 Å². The Morgan fingerprint density at radius 3 is 2.15 bits per heavy atom. The lowest BCUT2D eigenvalue weighted by molar-refractivity contribution is -0.127. The maximum absolute atomic E-state index is 12.3. The topological polar surface area (TPSA) is 66.8 Å². The third-order valence-electron chi connectivity index (χ3n) is 5.26. The molecule has 0 aromatic heterocycles. The van der Waals surface area contributed by atoms with E-state index in [0.29, 0.717) is 6.42 Å². The third kappa shape index (κ3) is 7.02. The molecule has 0 saturated heterocycles. The van der Waals surface area contributed by atoms with Gasteiger partial charge in [0.2, 0.25) is 11.5 Å². The van der Waals surface area contributed by atoms with E-state index in [1.165, 1.54) is 23.8 Å². The van der Waals surface area contributed by atoms with Crippen molar-refractivity contribution in [2.75, 3.05) is 7.11 Å². The first-order chi connectivity index (χ1) is 12.7. The van der Waals surface area contributed by atoms with Crippen LogP contribution in [0.5, 0.6) is 0 Å². The normalized spacial score (nSPS) is 24.3. The van der Waals surface area contributed by atoms with Crippen LogP contribution in [0.4, 0.5) is 0 Å². The van der Waals surface area contributed by atoms with Crippen LogP contribution in [0.15, 0.2) is 46.5 Å². The average molecular weight is 377 g/mol. The van der Waals surface area contributed by atoms with Crippen molar-refractivity contribution in [3.63, 3.8) is 0 Å². The predicted molar refractivity (Wildman–Crippen MR) is 110 cm³/mol. The van der Waals surface area contributed by atoms with E-state index < -0.39 is 6.10 Å². The zero-order chi connectivity index (χ0) is 20.6. The lowest BCUT2D eigenvalue weighted by Gasteiger charge is -2.32. The van der Waals surface area contributed by atoms with Crippen molar-refractivity contribution in [1.82, 2.24) is 0 Å². The first-order valence-corrected chi connectivity index (χ1v) is 9.83. The van der Waals surface area contributed by atoms with Crippen LogP contribution in [0, 0.1) is 11.8 Å². The van der Waals surface area contributed by atoms with Crippen LogP contribution in [0.25, 0.3) is 0 Å². The summed E-state index contributed by atoms with van der Waals surface area (Å²) in [4.78, 5) is 12.3. The van der Waals surface area contributed by atoms with E-state index >= 15 is 0 Å². The number of aliphatic hydroxyl groups is 2. The summed E-state index contributed by atoms with van der Waals surface area (Å²) < 4.78 is 4.94. The number of hydrogen-bond donors (Lipinski definition) is 2. The minimum atomic E-state index is -1.06. The number of rotatable bonds is 9. The van der Waals surface area contributed by atoms with Crippen molar-refractivity contribution in [2.24, 2.45) is 11.8 Å². The summed E-state index contributed by atoms with van der Waals surface area (Å²) >= 11 is 0. The van der Waals surface area contributed by atoms with Gasteiger partial charge in [-0.05, 0) is 59.8 Å². The van der Waals surface area contributed by atoms with E-state index in [0.717, 1.165) is 25.7 Å². The van der Waals surface area contributed by atoms with Crippen molar-refractivity contribution < 1.29 is 19.7 Å². The third-order valence-corrected chi connectivity index (χ3v) is 5.26. The van der Waals surface area contributed by atoms with Gasteiger partial charge in [0, 0.05) is 11.8 Å². The van der Waals surface area contributed by atoms with E-state index in [-0.39, 0.29) is 29.1 Å². The highest BCUT2D eigenvalue weighted by Gasteiger charge is 2.41. The number of carbonyl (C=O) groups is 1. The van der Waals surface area contributed by atoms with Gasteiger partial charge < -0.3 is 14.9 Å². The first kappa shape index (κ1) is 23.2. The standard InChI is InChI=1S/C23H36O4/c1-15(2)9-7-10-16(3)11-8-12-17(4)13-14-19-18(5)20(24)23(27-6)22(26)21(19)25/h9,11,13,18-19,21,25-26H,7-8,10,12,14H2,1-6H3. The molecule has 1 aliphatic rings. The van der Waals surface area contributed by atoms with Crippen LogP contribution in [-0.4, -0.2) is 29.2 Å². The fourth-order valence-corrected chi connectivity index (χ4v) is 3.35. The highest BCUT2D eigenvalue weighted by Crippen LogP contribution is 2.34. The minimum absolute atomic E-state index is 0.110. The summed E-state index contributed by atoms with van der Waals surface area (Å²) in [5.74, 6) is -1.40. The smallest absolute Gasteiger partial charge is 0.204 e. The van der Waals surface area contributed by atoms with E-state index in [1.807, 2.05) is 0 Å². The predicted octanol–water partition coefficient (Wildman–Crippen LogP) is 5.41. The Morgan fingerprint density at radius 1 is 1.04 bits per heavy atom. The van der Waals surface area contributed by atoms with Crippen molar-refractivity contribution in [1.29, 1.82) is 0 Å². The zero-order valence-corrected chi connectivity index (χ0v) is 17.7.